The minimum atomic E-state index is -0.243. The van der Waals surface area contributed by atoms with E-state index in [9.17, 15) is 15.3 Å². The van der Waals surface area contributed by atoms with Gasteiger partial charge in [0.05, 0.1) is 6.61 Å². The maximum Gasteiger partial charge on any atom is 0.175 e. The summed E-state index contributed by atoms with van der Waals surface area (Å²) in [5.41, 5.74) is 3.92. The number of allylic oxidation sites excluding steroid dienone is 1. The van der Waals surface area contributed by atoms with Crippen LogP contribution in [0.4, 0.5) is 0 Å². The highest BCUT2D eigenvalue weighted by molar-refractivity contribution is 5.63. The first-order chi connectivity index (χ1) is 9.40. The summed E-state index contributed by atoms with van der Waals surface area (Å²) in [4.78, 5) is 0. The molecule has 0 amide bonds. The van der Waals surface area contributed by atoms with Gasteiger partial charge in [-0.2, -0.15) is 0 Å². The number of phenolic OH excluding ortho intramolecular Hbond substituents is 2. The summed E-state index contributed by atoms with van der Waals surface area (Å²) in [6.45, 7) is 9.15. The molecule has 0 aliphatic rings. The summed E-state index contributed by atoms with van der Waals surface area (Å²) < 4.78 is 5.76. The standard InChI is InChI=1S/C16H20O4/c1-5-15(12-6-7-13(18)14(19)8-12)20-16(10(2)3)11(4)9-17/h6-8,10,17-19H,1,9H2,2-4H3. The van der Waals surface area contributed by atoms with Gasteiger partial charge in [-0.25, -0.2) is 0 Å². The molecule has 0 heterocycles. The van der Waals surface area contributed by atoms with Crippen LogP contribution in [0.25, 0.3) is 5.76 Å². The fourth-order valence-electron chi connectivity index (χ4n) is 1.75. The van der Waals surface area contributed by atoms with Crippen molar-refractivity contribution >= 4 is 5.76 Å². The number of ether oxygens (including phenoxy) is 1. The molecule has 1 rings (SSSR count). The van der Waals surface area contributed by atoms with Crippen molar-refractivity contribution in [3.05, 3.63) is 47.4 Å². The zero-order valence-electron chi connectivity index (χ0n) is 12.0. The van der Waals surface area contributed by atoms with Gasteiger partial charge in [0, 0.05) is 11.5 Å². The largest absolute Gasteiger partial charge is 0.504 e. The highest BCUT2D eigenvalue weighted by atomic mass is 16.5. The minimum absolute atomic E-state index is 0.0798. The second kappa shape index (κ2) is 6.85. The Morgan fingerprint density at radius 1 is 1.30 bits per heavy atom. The third-order valence-corrected chi connectivity index (χ3v) is 2.79. The summed E-state index contributed by atoms with van der Waals surface area (Å²) >= 11 is 0. The fraction of sp³-hybridized carbons (Fsp3) is 0.312. The van der Waals surface area contributed by atoms with Gasteiger partial charge in [-0.1, -0.05) is 26.2 Å². The number of aliphatic hydroxyl groups excluding tert-OH is 1. The molecule has 108 valence electrons. The Hall–Kier alpha value is -2.16. The van der Waals surface area contributed by atoms with Crippen molar-refractivity contribution in [2.24, 2.45) is 5.92 Å². The lowest BCUT2D eigenvalue weighted by Crippen LogP contribution is -2.05. The molecule has 0 unspecified atom stereocenters. The lowest BCUT2D eigenvalue weighted by atomic mass is 10.1. The first kappa shape index (κ1) is 15.9. The number of phenols is 2. The van der Waals surface area contributed by atoms with Gasteiger partial charge in [0.25, 0.3) is 0 Å². The topological polar surface area (TPSA) is 69.9 Å². The van der Waals surface area contributed by atoms with Gasteiger partial charge in [0.1, 0.15) is 5.76 Å². The Bertz CT molecular complexity index is 564. The van der Waals surface area contributed by atoms with Gasteiger partial charge in [-0.05, 0) is 30.7 Å². The molecule has 4 nitrogen and oxygen atoms in total. The molecule has 1 aromatic carbocycles. The summed E-state index contributed by atoms with van der Waals surface area (Å²) in [6, 6.07) is 4.33. The van der Waals surface area contributed by atoms with Gasteiger partial charge in [0.2, 0.25) is 0 Å². The maximum atomic E-state index is 9.52. The van der Waals surface area contributed by atoms with Crippen LogP contribution in [0.2, 0.25) is 0 Å². The molecule has 0 atom stereocenters. The molecule has 3 N–H and O–H groups in total. The van der Waals surface area contributed by atoms with Crippen LogP contribution in [0.1, 0.15) is 26.3 Å². The van der Waals surface area contributed by atoms with Gasteiger partial charge < -0.3 is 20.1 Å². The highest BCUT2D eigenvalue weighted by Crippen LogP contribution is 2.30. The van der Waals surface area contributed by atoms with Crippen molar-refractivity contribution in [2.75, 3.05) is 6.61 Å². The lowest BCUT2D eigenvalue weighted by Gasteiger charge is -2.17. The van der Waals surface area contributed by atoms with E-state index in [-0.39, 0.29) is 24.0 Å². The molecule has 20 heavy (non-hydrogen) atoms. The summed E-state index contributed by atoms with van der Waals surface area (Å²) in [7, 11) is 0. The van der Waals surface area contributed by atoms with Crippen LogP contribution in [-0.2, 0) is 4.74 Å². The highest BCUT2D eigenvalue weighted by Gasteiger charge is 2.14. The maximum absolute atomic E-state index is 9.52. The predicted molar refractivity (Wildman–Crippen MR) is 78.0 cm³/mol. The first-order valence-electron chi connectivity index (χ1n) is 6.31. The molecule has 0 radical (unpaired) electrons. The summed E-state index contributed by atoms with van der Waals surface area (Å²) in [5, 5.41) is 28.1. The molecule has 4 heteroatoms. The molecule has 1 aromatic rings. The Morgan fingerprint density at radius 3 is 2.40 bits per heavy atom. The minimum Gasteiger partial charge on any atom is -0.504 e. The molecule has 0 spiro atoms. The predicted octanol–water partition coefficient (Wildman–Crippen LogP) is 3.16. The normalized spacial score (nSPS) is 11.8. The molecule has 0 bridgehead atoms. The zero-order valence-corrected chi connectivity index (χ0v) is 12.0. The van der Waals surface area contributed by atoms with Crippen LogP contribution in [0, 0.1) is 5.92 Å². The van der Waals surface area contributed by atoms with E-state index in [1.165, 1.54) is 12.1 Å². The Morgan fingerprint density at radius 2 is 1.95 bits per heavy atom. The molecule has 0 aliphatic carbocycles. The fourth-order valence-corrected chi connectivity index (χ4v) is 1.75. The van der Waals surface area contributed by atoms with Crippen LogP contribution in [0.5, 0.6) is 11.5 Å². The average Bonchev–Trinajstić information content (AvgIpc) is 2.42. The Balaban J connectivity index is 3.15. The third kappa shape index (κ3) is 3.67. The monoisotopic (exact) mass is 276 g/mol. The molecule has 0 saturated carbocycles. The van der Waals surface area contributed by atoms with E-state index in [2.05, 4.69) is 12.3 Å². The first-order valence-corrected chi connectivity index (χ1v) is 6.31. The van der Waals surface area contributed by atoms with Crippen LogP contribution in [0.15, 0.2) is 41.8 Å². The summed E-state index contributed by atoms with van der Waals surface area (Å²) in [5.74, 6) is 0.593. The third-order valence-electron chi connectivity index (χ3n) is 2.79. The second-order valence-electron chi connectivity index (χ2n) is 4.77. The van der Waals surface area contributed by atoms with Crippen LogP contribution in [-0.4, -0.2) is 21.9 Å². The SMILES string of the molecule is C=C=C(OC(=C(C)CO)C(C)C)c1ccc(O)c(O)c1. The number of aromatic hydroxyl groups is 2. The summed E-state index contributed by atoms with van der Waals surface area (Å²) in [6.07, 6.45) is 0. The Labute approximate surface area is 119 Å². The smallest absolute Gasteiger partial charge is 0.175 e. The number of hydrogen-bond acceptors (Lipinski definition) is 4. The van der Waals surface area contributed by atoms with E-state index in [1.807, 2.05) is 13.8 Å². The van der Waals surface area contributed by atoms with Crippen molar-refractivity contribution in [1.29, 1.82) is 0 Å². The van der Waals surface area contributed by atoms with Crippen molar-refractivity contribution in [2.45, 2.75) is 20.8 Å². The quantitative estimate of drug-likeness (QED) is 0.439. The molecule has 0 fully saturated rings. The average molecular weight is 276 g/mol. The van der Waals surface area contributed by atoms with E-state index >= 15 is 0 Å². The van der Waals surface area contributed by atoms with Gasteiger partial charge >= 0.3 is 0 Å². The van der Waals surface area contributed by atoms with Crippen LogP contribution < -0.4 is 0 Å². The van der Waals surface area contributed by atoms with Crippen molar-refractivity contribution in [3.8, 4) is 11.5 Å². The molecular weight excluding hydrogens is 256 g/mol. The zero-order chi connectivity index (χ0) is 15.3. The van der Waals surface area contributed by atoms with Crippen molar-refractivity contribution in [3.63, 3.8) is 0 Å². The Kier molecular flexibility index (Phi) is 5.44. The number of aliphatic hydroxyl groups is 1. The number of rotatable bonds is 5. The molecule has 0 aliphatic heterocycles. The second-order valence-corrected chi connectivity index (χ2v) is 4.77. The number of hydrogen-bond donors (Lipinski definition) is 3. The van der Waals surface area contributed by atoms with Gasteiger partial charge in [0.15, 0.2) is 17.3 Å². The van der Waals surface area contributed by atoms with Crippen LogP contribution in [0.3, 0.4) is 0 Å². The molecular formula is C16H20O4. The van der Waals surface area contributed by atoms with Crippen molar-refractivity contribution in [1.82, 2.24) is 0 Å². The van der Waals surface area contributed by atoms with Gasteiger partial charge in [-0.3, -0.25) is 0 Å². The van der Waals surface area contributed by atoms with Crippen LogP contribution >= 0.6 is 0 Å². The van der Waals surface area contributed by atoms with E-state index in [0.29, 0.717) is 17.1 Å². The van der Waals surface area contributed by atoms with E-state index < -0.39 is 0 Å². The number of benzene rings is 1. The lowest BCUT2D eigenvalue weighted by molar-refractivity contribution is 0.289. The van der Waals surface area contributed by atoms with Gasteiger partial charge in [-0.15, -0.1) is 0 Å². The van der Waals surface area contributed by atoms with E-state index in [1.54, 1.807) is 13.0 Å². The molecule has 0 saturated heterocycles. The van der Waals surface area contributed by atoms with Crippen molar-refractivity contribution < 1.29 is 20.1 Å². The molecule has 0 aromatic heterocycles. The van der Waals surface area contributed by atoms with E-state index in [4.69, 9.17) is 4.74 Å². The van der Waals surface area contributed by atoms with E-state index in [0.717, 1.165) is 5.57 Å².